The minimum Gasteiger partial charge on any atom is -0.465 e. The van der Waals surface area contributed by atoms with Gasteiger partial charge in [-0.15, -0.1) is 11.8 Å². The van der Waals surface area contributed by atoms with Crippen LogP contribution >= 0.6 is 11.8 Å². The molecule has 0 fully saturated rings. The van der Waals surface area contributed by atoms with Crippen LogP contribution in [0.15, 0.2) is 18.2 Å². The van der Waals surface area contributed by atoms with Gasteiger partial charge in [0.15, 0.2) is 0 Å². The Bertz CT molecular complexity index is 506. The van der Waals surface area contributed by atoms with Crippen LogP contribution in [0.5, 0.6) is 0 Å². The molecule has 0 saturated heterocycles. The van der Waals surface area contributed by atoms with E-state index in [2.05, 4.69) is 11.8 Å². The van der Waals surface area contributed by atoms with Gasteiger partial charge in [0.2, 0.25) is 0 Å². The van der Waals surface area contributed by atoms with E-state index in [-0.39, 0.29) is 24.1 Å². The Morgan fingerprint density at radius 1 is 1.50 bits per heavy atom. The van der Waals surface area contributed by atoms with Crippen molar-refractivity contribution >= 4 is 17.7 Å². The number of carbonyl (C=O) groups excluding carboxylic acids is 1. The molecule has 0 unspecified atom stereocenters. The number of aliphatic hydroxyl groups excluding tert-OH is 1. The lowest BCUT2D eigenvalue weighted by molar-refractivity contribution is -0.139. The van der Waals surface area contributed by atoms with E-state index in [0.717, 1.165) is 5.56 Å². The van der Waals surface area contributed by atoms with E-state index in [1.807, 2.05) is 0 Å². The molecule has 0 heterocycles. The number of esters is 1. The molecule has 3 nitrogen and oxygen atoms in total. The molecule has 0 bridgehead atoms. The Kier molecular flexibility index (Phi) is 7.78. The standard InChI is InChI=1S/C15H17FO3S/c1-2-19-15(18)11-20-10-12-6-7-14(16)13(9-12)5-3-4-8-17/h6-7,9,17H,2,4,8,10-11H2,1H3. The molecular formula is C15H17FO3S. The molecule has 1 aromatic carbocycles. The maximum Gasteiger partial charge on any atom is 0.315 e. The molecule has 1 rings (SSSR count). The maximum atomic E-state index is 13.5. The number of hydrogen-bond acceptors (Lipinski definition) is 4. The lowest BCUT2D eigenvalue weighted by Crippen LogP contribution is -2.06. The number of ether oxygens (including phenoxy) is 1. The average molecular weight is 296 g/mol. The highest BCUT2D eigenvalue weighted by atomic mass is 32.2. The van der Waals surface area contributed by atoms with Crippen LogP contribution in [-0.4, -0.2) is 30.0 Å². The summed E-state index contributed by atoms with van der Waals surface area (Å²) in [5.74, 6) is 5.62. The third kappa shape index (κ3) is 6.09. The van der Waals surface area contributed by atoms with Gasteiger partial charge in [0.1, 0.15) is 5.82 Å². The highest BCUT2D eigenvalue weighted by molar-refractivity contribution is 7.99. The normalized spacial score (nSPS) is 9.75. The third-order valence-electron chi connectivity index (χ3n) is 2.28. The van der Waals surface area contributed by atoms with E-state index in [9.17, 15) is 9.18 Å². The summed E-state index contributed by atoms with van der Waals surface area (Å²) in [7, 11) is 0. The summed E-state index contributed by atoms with van der Waals surface area (Å²) in [4.78, 5) is 11.2. The van der Waals surface area contributed by atoms with Gasteiger partial charge in [-0.25, -0.2) is 4.39 Å². The predicted octanol–water partition coefficient (Wildman–Crippen LogP) is 2.36. The number of thioether (sulfide) groups is 1. The molecule has 1 N–H and O–H groups in total. The molecule has 0 aromatic heterocycles. The highest BCUT2D eigenvalue weighted by Crippen LogP contribution is 2.16. The number of carbonyl (C=O) groups is 1. The molecule has 1 aromatic rings. The molecular weight excluding hydrogens is 279 g/mol. The molecule has 0 atom stereocenters. The summed E-state index contributed by atoms with van der Waals surface area (Å²) in [6.07, 6.45) is 0.321. The quantitative estimate of drug-likeness (QED) is 0.646. The second-order valence-electron chi connectivity index (χ2n) is 3.89. The summed E-state index contributed by atoms with van der Waals surface area (Å²) < 4.78 is 18.3. The smallest absolute Gasteiger partial charge is 0.315 e. The van der Waals surface area contributed by atoms with Crippen LogP contribution < -0.4 is 0 Å². The van der Waals surface area contributed by atoms with Crippen molar-refractivity contribution in [3.05, 3.63) is 35.1 Å². The van der Waals surface area contributed by atoms with Gasteiger partial charge < -0.3 is 9.84 Å². The zero-order chi connectivity index (χ0) is 14.8. The van der Waals surface area contributed by atoms with E-state index >= 15 is 0 Å². The Hall–Kier alpha value is -1.51. The first-order valence-corrected chi connectivity index (χ1v) is 7.44. The zero-order valence-corrected chi connectivity index (χ0v) is 12.1. The van der Waals surface area contributed by atoms with E-state index < -0.39 is 0 Å². The minimum atomic E-state index is -0.380. The molecule has 0 aliphatic rings. The zero-order valence-electron chi connectivity index (χ0n) is 11.3. The number of hydrogen-bond donors (Lipinski definition) is 1. The fourth-order valence-electron chi connectivity index (χ4n) is 1.43. The molecule has 0 spiro atoms. The SMILES string of the molecule is CCOC(=O)CSCc1ccc(F)c(C#CCCO)c1. The van der Waals surface area contributed by atoms with Crippen molar-refractivity contribution < 1.29 is 19.0 Å². The van der Waals surface area contributed by atoms with Crippen molar-refractivity contribution in [2.24, 2.45) is 0 Å². The van der Waals surface area contributed by atoms with E-state index in [1.165, 1.54) is 17.8 Å². The van der Waals surface area contributed by atoms with Crippen molar-refractivity contribution in [1.82, 2.24) is 0 Å². The predicted molar refractivity (Wildman–Crippen MR) is 77.8 cm³/mol. The van der Waals surface area contributed by atoms with Gasteiger partial charge >= 0.3 is 5.97 Å². The number of aliphatic hydroxyl groups is 1. The van der Waals surface area contributed by atoms with E-state index in [0.29, 0.717) is 24.3 Å². The first kappa shape index (κ1) is 16.5. The summed E-state index contributed by atoms with van der Waals surface area (Å²) in [6.45, 7) is 2.10. The van der Waals surface area contributed by atoms with Crippen LogP contribution in [0.1, 0.15) is 24.5 Å². The largest absolute Gasteiger partial charge is 0.465 e. The summed E-state index contributed by atoms with van der Waals surface area (Å²) in [5.41, 5.74) is 1.21. The Balaban J connectivity index is 2.57. The van der Waals surface area contributed by atoms with Crippen LogP contribution in [0.2, 0.25) is 0 Å². The first-order chi connectivity index (χ1) is 9.67. The number of rotatable bonds is 6. The van der Waals surface area contributed by atoms with Crippen LogP contribution in [0.4, 0.5) is 4.39 Å². The summed E-state index contributed by atoms with van der Waals surface area (Å²) in [5, 5.41) is 8.64. The van der Waals surface area contributed by atoms with Crippen molar-refractivity contribution in [1.29, 1.82) is 0 Å². The van der Waals surface area contributed by atoms with Gasteiger partial charge in [-0.05, 0) is 24.6 Å². The topological polar surface area (TPSA) is 46.5 Å². The number of benzene rings is 1. The van der Waals surface area contributed by atoms with Gasteiger partial charge in [-0.3, -0.25) is 4.79 Å². The average Bonchev–Trinajstić information content (AvgIpc) is 2.42. The molecule has 0 amide bonds. The Morgan fingerprint density at radius 3 is 3.00 bits per heavy atom. The monoisotopic (exact) mass is 296 g/mol. The Labute approximate surface area is 122 Å². The van der Waals surface area contributed by atoms with Crippen LogP contribution in [0.3, 0.4) is 0 Å². The first-order valence-electron chi connectivity index (χ1n) is 6.29. The van der Waals surface area contributed by atoms with Crippen molar-refractivity contribution in [3.8, 4) is 11.8 Å². The van der Waals surface area contributed by atoms with Gasteiger partial charge in [0.05, 0.1) is 24.5 Å². The lowest BCUT2D eigenvalue weighted by atomic mass is 10.1. The maximum absolute atomic E-state index is 13.5. The van der Waals surface area contributed by atoms with Crippen LogP contribution in [0.25, 0.3) is 0 Å². The fraction of sp³-hybridized carbons (Fsp3) is 0.400. The van der Waals surface area contributed by atoms with Crippen LogP contribution in [-0.2, 0) is 15.3 Å². The third-order valence-corrected chi connectivity index (χ3v) is 3.26. The van der Waals surface area contributed by atoms with Gasteiger partial charge in [0, 0.05) is 12.2 Å². The van der Waals surface area contributed by atoms with E-state index in [1.54, 1.807) is 19.1 Å². The van der Waals surface area contributed by atoms with Gasteiger partial charge in [-0.1, -0.05) is 17.9 Å². The van der Waals surface area contributed by atoms with Crippen molar-refractivity contribution in [2.45, 2.75) is 19.1 Å². The van der Waals surface area contributed by atoms with Crippen molar-refractivity contribution in [3.63, 3.8) is 0 Å². The van der Waals surface area contributed by atoms with Gasteiger partial charge in [-0.2, -0.15) is 0 Å². The second-order valence-corrected chi connectivity index (χ2v) is 4.87. The molecule has 0 saturated carbocycles. The highest BCUT2D eigenvalue weighted by Gasteiger charge is 2.04. The molecule has 20 heavy (non-hydrogen) atoms. The van der Waals surface area contributed by atoms with Crippen LogP contribution in [0, 0.1) is 17.7 Å². The molecule has 0 aliphatic heterocycles. The van der Waals surface area contributed by atoms with Crippen molar-refractivity contribution in [2.75, 3.05) is 19.0 Å². The lowest BCUT2D eigenvalue weighted by Gasteiger charge is -2.03. The molecule has 5 heteroatoms. The summed E-state index contributed by atoms with van der Waals surface area (Å²) in [6, 6.07) is 4.70. The second kappa shape index (κ2) is 9.40. The minimum absolute atomic E-state index is 0.0380. The van der Waals surface area contributed by atoms with Gasteiger partial charge in [0.25, 0.3) is 0 Å². The Morgan fingerprint density at radius 2 is 2.30 bits per heavy atom. The molecule has 108 valence electrons. The number of halogens is 1. The summed E-state index contributed by atoms with van der Waals surface area (Å²) >= 11 is 1.41. The molecule has 0 aliphatic carbocycles. The fourth-order valence-corrected chi connectivity index (χ4v) is 2.19. The van der Waals surface area contributed by atoms with E-state index in [4.69, 9.17) is 9.84 Å². The molecule has 0 radical (unpaired) electrons.